The van der Waals surface area contributed by atoms with Gasteiger partial charge in [0.1, 0.15) is 11.6 Å². The number of thioether (sulfide) groups is 1. The molecular formula is C39H39ClFN5O3S. The Morgan fingerprint density at radius 3 is 2.26 bits per heavy atom. The molecule has 2 aromatic heterocycles. The highest BCUT2D eigenvalue weighted by Gasteiger charge is 2.15. The maximum absolute atomic E-state index is 13.5. The maximum atomic E-state index is 13.5. The number of aryl methyl sites for hydroxylation is 1. The van der Waals surface area contributed by atoms with Gasteiger partial charge in [-0.3, -0.25) is 9.59 Å². The van der Waals surface area contributed by atoms with Crippen LogP contribution in [0.25, 0.3) is 11.1 Å². The van der Waals surface area contributed by atoms with Crippen molar-refractivity contribution in [2.24, 2.45) is 0 Å². The van der Waals surface area contributed by atoms with Crippen molar-refractivity contribution in [3.05, 3.63) is 141 Å². The number of ether oxygens (including phenoxy) is 1. The molecule has 0 unspecified atom stereocenters. The van der Waals surface area contributed by atoms with E-state index in [0.717, 1.165) is 46.7 Å². The molecule has 1 fully saturated rings. The highest BCUT2D eigenvalue weighted by atomic mass is 35.5. The van der Waals surface area contributed by atoms with Crippen LogP contribution in [0.2, 0.25) is 5.02 Å². The van der Waals surface area contributed by atoms with Crippen LogP contribution in [0.3, 0.4) is 0 Å². The lowest BCUT2D eigenvalue weighted by atomic mass is 10.0. The molecule has 0 aliphatic carbocycles. The third kappa shape index (κ3) is 9.59. The van der Waals surface area contributed by atoms with E-state index in [9.17, 15) is 14.0 Å². The maximum Gasteiger partial charge on any atom is 0.277 e. The largest absolute Gasteiger partial charge is 0.378 e. The summed E-state index contributed by atoms with van der Waals surface area (Å²) in [5.41, 5.74) is 5.31. The van der Waals surface area contributed by atoms with Crippen LogP contribution in [-0.4, -0.2) is 58.7 Å². The number of carbonyl (C=O) groups excluding carboxylic acids is 1. The van der Waals surface area contributed by atoms with Crippen molar-refractivity contribution < 1.29 is 13.9 Å². The normalized spacial score (nSPS) is 13.0. The molecule has 50 heavy (non-hydrogen) atoms. The number of aromatic nitrogens is 3. The fourth-order valence-corrected chi connectivity index (χ4v) is 6.84. The van der Waals surface area contributed by atoms with Crippen molar-refractivity contribution in [3.63, 3.8) is 0 Å². The molecule has 1 aliphatic rings. The molecule has 6 rings (SSSR count). The number of morpholine rings is 1. The summed E-state index contributed by atoms with van der Waals surface area (Å²) in [5.74, 6) is 1.16. The Morgan fingerprint density at radius 2 is 1.58 bits per heavy atom. The summed E-state index contributed by atoms with van der Waals surface area (Å²) < 4.78 is 20.9. The minimum absolute atomic E-state index is 0.0351. The number of nitrogens with zero attached hydrogens (tertiary/aromatic N) is 5. The van der Waals surface area contributed by atoms with Crippen LogP contribution in [0.1, 0.15) is 35.1 Å². The van der Waals surface area contributed by atoms with Gasteiger partial charge in [0.05, 0.1) is 13.2 Å². The molecule has 0 bridgehead atoms. The second kappa shape index (κ2) is 16.9. The predicted molar refractivity (Wildman–Crippen MR) is 197 cm³/mol. The molecule has 11 heteroatoms. The quantitative estimate of drug-likeness (QED) is 0.0940. The van der Waals surface area contributed by atoms with Crippen molar-refractivity contribution in [3.8, 4) is 11.1 Å². The Morgan fingerprint density at radius 1 is 0.920 bits per heavy atom. The molecule has 0 spiro atoms. The first-order chi connectivity index (χ1) is 24.3. The van der Waals surface area contributed by atoms with Crippen molar-refractivity contribution in [1.29, 1.82) is 0 Å². The van der Waals surface area contributed by atoms with Gasteiger partial charge in [0, 0.05) is 74.8 Å². The second-order valence-corrected chi connectivity index (χ2v) is 13.7. The smallest absolute Gasteiger partial charge is 0.277 e. The molecule has 0 atom stereocenters. The molecule has 3 heterocycles. The number of pyridine rings is 1. The first-order valence-electron chi connectivity index (χ1n) is 16.6. The van der Waals surface area contributed by atoms with Crippen molar-refractivity contribution in [2.45, 2.75) is 43.3 Å². The molecule has 0 saturated carbocycles. The summed E-state index contributed by atoms with van der Waals surface area (Å²) in [7, 11) is 1.82. The van der Waals surface area contributed by atoms with E-state index in [-0.39, 0.29) is 17.3 Å². The lowest BCUT2D eigenvalue weighted by Crippen LogP contribution is -2.36. The summed E-state index contributed by atoms with van der Waals surface area (Å²) in [6.07, 6.45) is 4.97. The van der Waals surface area contributed by atoms with Crippen LogP contribution >= 0.6 is 23.4 Å². The standard InChI is InChI=1S/C39H39ClFN5O3S/c1-44(25-28-4-9-31(10-5-28)32-11-13-34(40)14-12-32)37(47)3-2-18-46-26-33(23-30-8-17-36(42-24-30)45-19-21-49-22-20-45)38(48)43-39(46)50-27-29-6-15-35(41)16-7-29/h4-17,24,26H,2-3,18-23,25,27H2,1H3. The number of rotatable bonds is 13. The van der Waals surface area contributed by atoms with Gasteiger partial charge >= 0.3 is 0 Å². The van der Waals surface area contributed by atoms with E-state index in [1.54, 1.807) is 17.0 Å². The Balaban J connectivity index is 1.10. The molecule has 3 aromatic carbocycles. The third-order valence-electron chi connectivity index (χ3n) is 8.62. The number of hydrogen-bond acceptors (Lipinski definition) is 7. The fourth-order valence-electron chi connectivity index (χ4n) is 5.77. The van der Waals surface area contributed by atoms with Crippen LogP contribution < -0.4 is 10.5 Å². The number of carbonyl (C=O) groups is 1. The van der Waals surface area contributed by atoms with E-state index < -0.39 is 0 Å². The molecule has 1 saturated heterocycles. The summed E-state index contributed by atoms with van der Waals surface area (Å²) in [6.45, 7) is 3.97. The van der Waals surface area contributed by atoms with E-state index in [4.69, 9.17) is 16.3 Å². The molecule has 258 valence electrons. The molecular weight excluding hydrogens is 673 g/mol. The van der Waals surface area contributed by atoms with Gasteiger partial charge < -0.3 is 19.1 Å². The topological polar surface area (TPSA) is 80.6 Å². The first-order valence-corrected chi connectivity index (χ1v) is 18.0. The molecule has 0 radical (unpaired) electrons. The van der Waals surface area contributed by atoms with Crippen LogP contribution in [0.5, 0.6) is 0 Å². The van der Waals surface area contributed by atoms with Crippen LogP contribution in [0.15, 0.2) is 107 Å². The average molecular weight is 712 g/mol. The van der Waals surface area contributed by atoms with E-state index in [0.29, 0.717) is 67.1 Å². The Kier molecular flexibility index (Phi) is 12.0. The molecule has 5 aromatic rings. The van der Waals surface area contributed by atoms with Crippen molar-refractivity contribution >= 4 is 35.1 Å². The highest BCUT2D eigenvalue weighted by molar-refractivity contribution is 7.98. The molecule has 1 aliphatic heterocycles. The van der Waals surface area contributed by atoms with E-state index in [1.165, 1.54) is 23.9 Å². The SMILES string of the molecule is CN(Cc1ccc(-c2ccc(Cl)cc2)cc1)C(=O)CCCn1cc(Cc2ccc(N3CCOCC3)nc2)c(=O)nc1SCc1ccc(F)cc1. The van der Waals surface area contributed by atoms with Crippen molar-refractivity contribution in [1.82, 2.24) is 19.4 Å². The monoisotopic (exact) mass is 711 g/mol. The highest BCUT2D eigenvalue weighted by Crippen LogP contribution is 2.24. The van der Waals surface area contributed by atoms with Crippen LogP contribution in [0.4, 0.5) is 10.2 Å². The van der Waals surface area contributed by atoms with Crippen LogP contribution in [-0.2, 0) is 34.8 Å². The van der Waals surface area contributed by atoms with Gasteiger partial charge in [-0.2, -0.15) is 4.98 Å². The third-order valence-corrected chi connectivity index (χ3v) is 9.93. The van der Waals surface area contributed by atoms with Gasteiger partial charge in [0.25, 0.3) is 5.56 Å². The fraction of sp³-hybridized carbons (Fsp3) is 0.282. The Bertz CT molecular complexity index is 1930. The molecule has 0 N–H and O–H groups in total. The lowest BCUT2D eigenvalue weighted by molar-refractivity contribution is -0.130. The number of halogens is 2. The summed E-state index contributed by atoms with van der Waals surface area (Å²) >= 11 is 7.45. The second-order valence-electron chi connectivity index (χ2n) is 12.3. The number of benzene rings is 3. The predicted octanol–water partition coefficient (Wildman–Crippen LogP) is 7.26. The molecule has 8 nitrogen and oxygen atoms in total. The zero-order valence-corrected chi connectivity index (χ0v) is 29.5. The zero-order chi connectivity index (χ0) is 34.9. The van der Waals surface area contributed by atoms with Gasteiger partial charge in [-0.05, 0) is 64.6 Å². The van der Waals surface area contributed by atoms with Crippen LogP contribution in [0, 0.1) is 5.82 Å². The average Bonchev–Trinajstić information content (AvgIpc) is 3.14. The summed E-state index contributed by atoms with van der Waals surface area (Å²) in [5, 5.41) is 1.26. The van der Waals surface area contributed by atoms with Gasteiger partial charge in [-0.15, -0.1) is 0 Å². The number of hydrogen-bond donors (Lipinski definition) is 0. The number of amides is 1. The zero-order valence-electron chi connectivity index (χ0n) is 27.9. The van der Waals surface area contributed by atoms with E-state index in [1.807, 2.05) is 72.5 Å². The van der Waals surface area contributed by atoms with Gasteiger partial charge in [-0.25, -0.2) is 9.37 Å². The lowest BCUT2D eigenvalue weighted by Gasteiger charge is -2.27. The summed E-state index contributed by atoms with van der Waals surface area (Å²) in [6, 6.07) is 26.2. The first kappa shape index (κ1) is 35.3. The minimum atomic E-state index is -0.296. The van der Waals surface area contributed by atoms with E-state index in [2.05, 4.69) is 27.0 Å². The Labute approximate surface area is 300 Å². The molecule has 1 amide bonds. The Hall–Kier alpha value is -4.51. The van der Waals surface area contributed by atoms with Gasteiger partial charge in [0.15, 0.2) is 5.16 Å². The summed E-state index contributed by atoms with van der Waals surface area (Å²) in [4.78, 5) is 39.4. The minimum Gasteiger partial charge on any atom is -0.378 e. The number of anilines is 1. The van der Waals surface area contributed by atoms with Gasteiger partial charge in [-0.1, -0.05) is 78.0 Å². The van der Waals surface area contributed by atoms with E-state index >= 15 is 0 Å². The van der Waals surface area contributed by atoms with Gasteiger partial charge in [0.2, 0.25) is 5.91 Å². The van der Waals surface area contributed by atoms with Crippen molar-refractivity contribution in [2.75, 3.05) is 38.3 Å².